The highest BCUT2D eigenvalue weighted by Crippen LogP contribution is 2.22. The molecule has 2 atom stereocenters. The molecule has 0 rings (SSSR count). The molecular weight excluding hydrogens is 174 g/mol. The normalized spacial score (nSPS) is 17.8. The summed E-state index contributed by atoms with van der Waals surface area (Å²) in [4.78, 5) is 10.7. The van der Waals surface area contributed by atoms with E-state index in [1.165, 1.54) is 0 Å². The first-order valence-electron chi connectivity index (χ1n) is 4.28. The van der Waals surface area contributed by atoms with Crippen molar-refractivity contribution in [3.63, 3.8) is 0 Å². The third kappa shape index (κ3) is 2.95. The molecule has 5 nitrogen and oxygen atoms in total. The van der Waals surface area contributed by atoms with Crippen molar-refractivity contribution in [2.45, 2.75) is 26.1 Å². The van der Waals surface area contributed by atoms with Crippen LogP contribution in [-0.2, 0) is 9.53 Å². The molecule has 2 unspecified atom stereocenters. The molecule has 0 heterocycles. The van der Waals surface area contributed by atoms with Crippen LogP contribution in [0.4, 0.5) is 0 Å². The average molecular weight is 191 g/mol. The van der Waals surface area contributed by atoms with Gasteiger partial charge in [0, 0.05) is 12.5 Å². The van der Waals surface area contributed by atoms with E-state index in [0.717, 1.165) is 0 Å². The first-order valence-corrected chi connectivity index (χ1v) is 4.28. The van der Waals surface area contributed by atoms with Crippen molar-refractivity contribution in [3.8, 4) is 0 Å². The maximum Gasteiger partial charge on any atom is 0.364 e. The second kappa shape index (κ2) is 5.16. The van der Waals surface area contributed by atoms with Gasteiger partial charge >= 0.3 is 5.97 Å². The Bertz CT molecular complexity index is 174. The van der Waals surface area contributed by atoms with Gasteiger partial charge < -0.3 is 20.7 Å². The second-order valence-electron chi connectivity index (χ2n) is 2.95. The van der Waals surface area contributed by atoms with Gasteiger partial charge in [-0.25, -0.2) is 4.79 Å². The fourth-order valence-corrected chi connectivity index (χ4v) is 0.906. The van der Waals surface area contributed by atoms with Crippen LogP contribution in [0.3, 0.4) is 0 Å². The summed E-state index contributed by atoms with van der Waals surface area (Å²) in [6, 6.07) is 0. The minimum atomic E-state index is -2.10. The quantitative estimate of drug-likeness (QED) is 0.505. The zero-order valence-electron chi connectivity index (χ0n) is 7.99. The summed E-state index contributed by atoms with van der Waals surface area (Å²) in [7, 11) is 0. The molecule has 0 aromatic carbocycles. The monoisotopic (exact) mass is 191 g/mol. The first kappa shape index (κ1) is 12.3. The maximum atomic E-state index is 10.7. The van der Waals surface area contributed by atoms with E-state index in [-0.39, 0.29) is 13.2 Å². The van der Waals surface area contributed by atoms with Crippen LogP contribution in [0.2, 0.25) is 0 Å². The average Bonchev–Trinajstić information content (AvgIpc) is 2.12. The highest BCUT2D eigenvalue weighted by Gasteiger charge is 2.42. The maximum absolute atomic E-state index is 10.7. The molecule has 0 spiro atoms. The predicted molar refractivity (Wildman–Crippen MR) is 47.0 cm³/mol. The van der Waals surface area contributed by atoms with Crippen LogP contribution in [0.25, 0.3) is 0 Å². The molecule has 0 aliphatic heterocycles. The van der Waals surface area contributed by atoms with E-state index in [1.807, 2.05) is 0 Å². The Balaban J connectivity index is 4.42. The Labute approximate surface area is 77.5 Å². The molecule has 4 N–H and O–H groups in total. The topological polar surface area (TPSA) is 92.8 Å². The second-order valence-corrected chi connectivity index (χ2v) is 2.95. The lowest BCUT2D eigenvalue weighted by molar-refractivity contribution is -0.241. The van der Waals surface area contributed by atoms with Crippen molar-refractivity contribution in [3.05, 3.63) is 0 Å². The van der Waals surface area contributed by atoms with E-state index in [0.29, 0.717) is 6.42 Å². The molecule has 0 aliphatic rings. The van der Waals surface area contributed by atoms with Gasteiger partial charge in [-0.1, -0.05) is 13.8 Å². The fraction of sp³-hybridized carbons (Fsp3) is 0.875. The summed E-state index contributed by atoms with van der Waals surface area (Å²) in [5.41, 5.74) is 5.15. The Morgan fingerprint density at radius 3 is 2.54 bits per heavy atom. The number of rotatable bonds is 6. The molecule has 78 valence electrons. The van der Waals surface area contributed by atoms with Crippen molar-refractivity contribution >= 4 is 5.97 Å². The minimum Gasteiger partial charge on any atom is -0.477 e. The molecule has 0 aromatic rings. The summed E-state index contributed by atoms with van der Waals surface area (Å²) in [5.74, 6) is -3.93. The van der Waals surface area contributed by atoms with Crippen LogP contribution in [0, 0.1) is 5.92 Å². The van der Waals surface area contributed by atoms with E-state index in [9.17, 15) is 9.90 Å². The third-order valence-corrected chi connectivity index (χ3v) is 2.03. The first-order chi connectivity index (χ1) is 5.99. The molecule has 0 bridgehead atoms. The van der Waals surface area contributed by atoms with E-state index < -0.39 is 17.7 Å². The van der Waals surface area contributed by atoms with Crippen LogP contribution in [-0.4, -0.2) is 35.1 Å². The largest absolute Gasteiger partial charge is 0.477 e. The van der Waals surface area contributed by atoms with E-state index in [4.69, 9.17) is 15.6 Å². The number of nitrogens with two attached hydrogens (primary N) is 1. The zero-order valence-corrected chi connectivity index (χ0v) is 7.99. The molecule has 0 fully saturated rings. The number of ether oxygens (including phenoxy) is 1. The van der Waals surface area contributed by atoms with Gasteiger partial charge in [-0.3, -0.25) is 0 Å². The van der Waals surface area contributed by atoms with Crippen molar-refractivity contribution < 1.29 is 19.7 Å². The lowest BCUT2D eigenvalue weighted by atomic mass is 9.98. The van der Waals surface area contributed by atoms with E-state index >= 15 is 0 Å². The van der Waals surface area contributed by atoms with Gasteiger partial charge in [0.2, 0.25) is 0 Å². The summed E-state index contributed by atoms with van der Waals surface area (Å²) in [5, 5.41) is 18.4. The SMILES string of the molecule is CCC(C)C(O)(OCCN)C(=O)O. The summed E-state index contributed by atoms with van der Waals surface area (Å²) >= 11 is 0. The number of aliphatic hydroxyl groups is 1. The fourth-order valence-electron chi connectivity index (χ4n) is 0.906. The molecule has 0 radical (unpaired) electrons. The third-order valence-electron chi connectivity index (χ3n) is 2.03. The predicted octanol–water partition coefficient (Wildman–Crippen LogP) is -0.219. The standard InChI is InChI=1S/C8H17NO4/c1-3-6(2)8(12,7(10)11)13-5-4-9/h6,12H,3-5,9H2,1-2H3,(H,10,11). The van der Waals surface area contributed by atoms with Crippen molar-refractivity contribution in [2.75, 3.05) is 13.2 Å². The number of carboxylic acid groups (broad SMARTS) is 1. The minimum absolute atomic E-state index is 0.0349. The van der Waals surface area contributed by atoms with Gasteiger partial charge in [0.25, 0.3) is 5.79 Å². The highest BCUT2D eigenvalue weighted by atomic mass is 16.6. The smallest absolute Gasteiger partial charge is 0.364 e. The van der Waals surface area contributed by atoms with Crippen molar-refractivity contribution in [2.24, 2.45) is 11.7 Å². The number of aliphatic carboxylic acids is 1. The van der Waals surface area contributed by atoms with Crippen LogP contribution >= 0.6 is 0 Å². The van der Waals surface area contributed by atoms with Crippen LogP contribution in [0.15, 0.2) is 0 Å². The zero-order chi connectivity index (χ0) is 10.5. The Hall–Kier alpha value is -0.650. The lowest BCUT2D eigenvalue weighted by Gasteiger charge is -2.28. The number of carbonyl (C=O) groups is 1. The van der Waals surface area contributed by atoms with Gasteiger partial charge in [0.1, 0.15) is 0 Å². The van der Waals surface area contributed by atoms with Gasteiger partial charge in [-0.15, -0.1) is 0 Å². The van der Waals surface area contributed by atoms with Gasteiger partial charge in [-0.05, 0) is 6.42 Å². The Kier molecular flexibility index (Phi) is 4.90. The molecule has 0 aliphatic carbocycles. The highest BCUT2D eigenvalue weighted by molar-refractivity contribution is 5.75. The Morgan fingerprint density at radius 2 is 2.23 bits per heavy atom. The number of hydrogen-bond donors (Lipinski definition) is 3. The van der Waals surface area contributed by atoms with Crippen LogP contribution < -0.4 is 5.73 Å². The van der Waals surface area contributed by atoms with Gasteiger partial charge in [-0.2, -0.15) is 0 Å². The number of hydrogen-bond acceptors (Lipinski definition) is 4. The van der Waals surface area contributed by atoms with Gasteiger partial charge in [0.15, 0.2) is 0 Å². The molecule has 0 saturated carbocycles. The molecule has 0 aromatic heterocycles. The summed E-state index contributed by atoms with van der Waals surface area (Å²) < 4.78 is 4.82. The summed E-state index contributed by atoms with van der Waals surface area (Å²) in [6.45, 7) is 3.62. The molecule has 13 heavy (non-hydrogen) atoms. The summed E-state index contributed by atoms with van der Waals surface area (Å²) in [6.07, 6.45) is 0.521. The van der Waals surface area contributed by atoms with Crippen molar-refractivity contribution in [1.82, 2.24) is 0 Å². The lowest BCUT2D eigenvalue weighted by Crippen LogP contribution is -2.48. The van der Waals surface area contributed by atoms with E-state index in [2.05, 4.69) is 0 Å². The van der Waals surface area contributed by atoms with Crippen molar-refractivity contribution in [1.29, 1.82) is 0 Å². The molecular formula is C8H17NO4. The molecule has 5 heteroatoms. The van der Waals surface area contributed by atoms with Crippen LogP contribution in [0.5, 0.6) is 0 Å². The molecule has 0 amide bonds. The Morgan fingerprint density at radius 1 is 1.69 bits per heavy atom. The van der Waals surface area contributed by atoms with E-state index in [1.54, 1.807) is 13.8 Å². The molecule has 0 saturated heterocycles. The van der Waals surface area contributed by atoms with Crippen LogP contribution in [0.1, 0.15) is 20.3 Å². The van der Waals surface area contributed by atoms with Gasteiger partial charge in [0.05, 0.1) is 6.61 Å². The number of carboxylic acids is 1.